The summed E-state index contributed by atoms with van der Waals surface area (Å²) in [5, 5.41) is 8.81. The lowest BCUT2D eigenvalue weighted by atomic mass is 9.87. The zero-order chi connectivity index (χ0) is 29.3. The van der Waals surface area contributed by atoms with Crippen molar-refractivity contribution in [3.8, 4) is 5.75 Å². The highest BCUT2D eigenvalue weighted by atomic mass is 28.4. The number of methoxy groups -OCH3 is 1. The van der Waals surface area contributed by atoms with Crippen molar-refractivity contribution in [2.24, 2.45) is 5.92 Å². The van der Waals surface area contributed by atoms with Crippen LogP contribution in [-0.2, 0) is 14.6 Å². The van der Waals surface area contributed by atoms with Crippen molar-refractivity contribution in [2.45, 2.75) is 89.9 Å². The van der Waals surface area contributed by atoms with E-state index in [1.165, 1.54) is 0 Å². The molecule has 0 atom stereocenters. The van der Waals surface area contributed by atoms with Crippen molar-refractivity contribution < 1.29 is 18.8 Å². The number of nitrogens with zero attached hydrogens (tertiary/aromatic N) is 3. The standard InChI is InChI=1S/C31H44N4O4Si/c1-30(2,3)40(7,8)39-20-31(4,5)28-11-9-10-24(32-28)29(37)33-26-16-22-18-35(34-25(22)17-27(26)38-6)23-14-12-21(19-36)13-15-23/h9-11,16-19,21,23H,12-15,20H2,1-8H3,(H,33,37). The first-order valence-electron chi connectivity index (χ1n) is 14.2. The Balaban J connectivity index is 1.52. The summed E-state index contributed by atoms with van der Waals surface area (Å²) in [6, 6.07) is 9.56. The Morgan fingerprint density at radius 1 is 1.12 bits per heavy atom. The first-order valence-corrected chi connectivity index (χ1v) is 17.1. The molecule has 2 heterocycles. The molecule has 1 saturated carbocycles. The van der Waals surface area contributed by atoms with Gasteiger partial charge in [-0.3, -0.25) is 9.48 Å². The minimum Gasteiger partial charge on any atom is -0.494 e. The highest BCUT2D eigenvalue weighted by Gasteiger charge is 2.39. The fraction of sp³-hybridized carbons (Fsp3) is 0.548. The van der Waals surface area contributed by atoms with Gasteiger partial charge in [-0.05, 0) is 62.0 Å². The quantitative estimate of drug-likeness (QED) is 0.224. The maximum absolute atomic E-state index is 13.4. The van der Waals surface area contributed by atoms with Crippen LogP contribution in [0.15, 0.2) is 36.5 Å². The van der Waals surface area contributed by atoms with E-state index >= 15 is 0 Å². The molecule has 1 N–H and O–H groups in total. The Hall–Kier alpha value is -3.04. The summed E-state index contributed by atoms with van der Waals surface area (Å²) in [6.45, 7) is 15.9. The molecule has 0 aliphatic heterocycles. The molecule has 40 heavy (non-hydrogen) atoms. The second kappa shape index (κ2) is 11.4. The molecule has 1 fully saturated rings. The number of hydrogen-bond acceptors (Lipinski definition) is 6. The van der Waals surface area contributed by atoms with E-state index in [-0.39, 0.29) is 28.3 Å². The van der Waals surface area contributed by atoms with Crippen molar-refractivity contribution in [2.75, 3.05) is 19.0 Å². The second-order valence-electron chi connectivity index (χ2n) is 13.2. The number of amides is 1. The van der Waals surface area contributed by atoms with E-state index in [0.717, 1.165) is 48.6 Å². The van der Waals surface area contributed by atoms with E-state index in [0.29, 0.717) is 23.7 Å². The van der Waals surface area contributed by atoms with Gasteiger partial charge in [0.1, 0.15) is 17.7 Å². The van der Waals surface area contributed by atoms with E-state index in [1.54, 1.807) is 13.2 Å². The van der Waals surface area contributed by atoms with Gasteiger partial charge in [-0.1, -0.05) is 40.7 Å². The van der Waals surface area contributed by atoms with Crippen LogP contribution < -0.4 is 10.1 Å². The third-order valence-electron chi connectivity index (χ3n) is 8.67. The van der Waals surface area contributed by atoms with Gasteiger partial charge in [0.05, 0.1) is 24.4 Å². The number of aromatic nitrogens is 3. The van der Waals surface area contributed by atoms with Crippen molar-refractivity contribution in [3.63, 3.8) is 0 Å². The minimum atomic E-state index is -1.92. The fourth-order valence-electron chi connectivity index (χ4n) is 4.80. The summed E-state index contributed by atoms with van der Waals surface area (Å²) >= 11 is 0. The van der Waals surface area contributed by atoms with Gasteiger partial charge in [-0.15, -0.1) is 0 Å². The minimum absolute atomic E-state index is 0.116. The topological polar surface area (TPSA) is 95.3 Å². The number of ether oxygens (including phenoxy) is 1. The van der Waals surface area contributed by atoms with E-state index < -0.39 is 8.32 Å². The third kappa shape index (κ3) is 6.47. The molecule has 9 heteroatoms. The van der Waals surface area contributed by atoms with Gasteiger partial charge < -0.3 is 19.3 Å². The molecule has 0 unspecified atom stereocenters. The molecule has 0 spiro atoms. The van der Waals surface area contributed by atoms with Crippen molar-refractivity contribution >= 4 is 37.1 Å². The Kier molecular flexibility index (Phi) is 8.56. The predicted molar refractivity (Wildman–Crippen MR) is 162 cm³/mol. The van der Waals surface area contributed by atoms with Crippen molar-refractivity contribution in [1.29, 1.82) is 0 Å². The highest BCUT2D eigenvalue weighted by Crippen LogP contribution is 2.38. The molecule has 1 aliphatic carbocycles. The normalized spacial score (nSPS) is 18.5. The summed E-state index contributed by atoms with van der Waals surface area (Å²) in [6.07, 6.45) is 6.72. The monoisotopic (exact) mass is 564 g/mol. The highest BCUT2D eigenvalue weighted by molar-refractivity contribution is 6.74. The first-order chi connectivity index (χ1) is 18.7. The number of carbonyl (C=O) groups is 2. The maximum atomic E-state index is 13.4. The lowest BCUT2D eigenvalue weighted by Gasteiger charge is -2.39. The number of benzene rings is 1. The lowest BCUT2D eigenvalue weighted by molar-refractivity contribution is -0.112. The van der Waals surface area contributed by atoms with Crippen LogP contribution in [0.3, 0.4) is 0 Å². The van der Waals surface area contributed by atoms with Gasteiger partial charge in [-0.25, -0.2) is 4.98 Å². The van der Waals surface area contributed by atoms with Crippen LogP contribution in [-0.4, -0.2) is 49.0 Å². The van der Waals surface area contributed by atoms with E-state index in [2.05, 4.69) is 53.0 Å². The number of anilines is 1. The zero-order valence-corrected chi connectivity index (χ0v) is 26.2. The van der Waals surface area contributed by atoms with Crippen molar-refractivity contribution in [3.05, 3.63) is 47.9 Å². The summed E-state index contributed by atoms with van der Waals surface area (Å²) in [4.78, 5) is 29.2. The van der Waals surface area contributed by atoms with Gasteiger partial charge in [0.25, 0.3) is 5.91 Å². The third-order valence-corrected chi connectivity index (χ3v) is 13.2. The molecule has 1 aromatic carbocycles. The van der Waals surface area contributed by atoms with Crippen LogP contribution >= 0.6 is 0 Å². The van der Waals surface area contributed by atoms with Crippen LogP contribution in [0.4, 0.5) is 5.69 Å². The van der Waals surface area contributed by atoms with E-state index in [9.17, 15) is 9.59 Å². The summed E-state index contributed by atoms with van der Waals surface area (Å²) < 4.78 is 14.1. The molecule has 3 aromatic rings. The van der Waals surface area contributed by atoms with Crippen LogP contribution in [0.5, 0.6) is 5.75 Å². The summed E-state index contributed by atoms with van der Waals surface area (Å²) in [5.41, 5.74) is 2.16. The number of carbonyl (C=O) groups excluding carboxylic acids is 2. The fourth-order valence-corrected chi connectivity index (χ4v) is 5.96. The maximum Gasteiger partial charge on any atom is 0.274 e. The largest absolute Gasteiger partial charge is 0.494 e. The Bertz CT molecular complexity index is 1370. The lowest BCUT2D eigenvalue weighted by Crippen LogP contribution is -2.44. The van der Waals surface area contributed by atoms with Gasteiger partial charge in [-0.2, -0.15) is 5.10 Å². The van der Waals surface area contributed by atoms with Gasteiger partial charge in [0.2, 0.25) is 0 Å². The molecule has 2 aromatic heterocycles. The molecule has 0 saturated heterocycles. The average Bonchev–Trinajstić information content (AvgIpc) is 3.34. The molecule has 8 nitrogen and oxygen atoms in total. The van der Waals surface area contributed by atoms with Crippen LogP contribution in [0.1, 0.15) is 82.5 Å². The Morgan fingerprint density at radius 2 is 1.82 bits per heavy atom. The predicted octanol–water partition coefficient (Wildman–Crippen LogP) is 6.92. The molecule has 1 aliphatic rings. The van der Waals surface area contributed by atoms with Crippen LogP contribution in [0.2, 0.25) is 18.1 Å². The molecule has 216 valence electrons. The number of rotatable bonds is 9. The molecular weight excluding hydrogens is 520 g/mol. The van der Waals surface area contributed by atoms with Crippen LogP contribution in [0.25, 0.3) is 10.9 Å². The smallest absolute Gasteiger partial charge is 0.274 e. The van der Waals surface area contributed by atoms with Crippen molar-refractivity contribution in [1.82, 2.24) is 14.8 Å². The zero-order valence-electron chi connectivity index (χ0n) is 25.2. The number of pyridine rings is 1. The van der Waals surface area contributed by atoms with Gasteiger partial charge in [0.15, 0.2) is 8.32 Å². The number of fused-ring (bicyclic) bond motifs is 1. The van der Waals surface area contributed by atoms with Crippen LogP contribution in [0, 0.1) is 5.92 Å². The van der Waals surface area contributed by atoms with Gasteiger partial charge >= 0.3 is 0 Å². The molecule has 0 bridgehead atoms. The Morgan fingerprint density at radius 3 is 2.45 bits per heavy atom. The SMILES string of the molecule is COc1cc2nn(C3CCC(C=O)CC3)cc2cc1NC(=O)c1cccc(C(C)(C)CO[Si](C)(C)C(C)(C)C)n1. The average molecular weight is 565 g/mol. The first kappa shape index (κ1) is 29.9. The molecular formula is C31H44N4O4Si. The van der Waals surface area contributed by atoms with E-state index in [1.807, 2.05) is 35.1 Å². The molecule has 1 amide bonds. The number of aldehydes is 1. The number of hydrogen-bond donors (Lipinski definition) is 1. The summed E-state index contributed by atoms with van der Waals surface area (Å²) in [7, 11) is -0.342. The molecule has 4 rings (SSSR count). The number of nitrogens with one attached hydrogen (secondary N) is 1. The Labute approximate surface area is 239 Å². The summed E-state index contributed by atoms with van der Waals surface area (Å²) in [5.74, 6) is 0.390. The van der Waals surface area contributed by atoms with E-state index in [4.69, 9.17) is 19.2 Å². The second-order valence-corrected chi connectivity index (χ2v) is 18.0. The van der Waals surface area contributed by atoms with Gasteiger partial charge in [0, 0.05) is 41.3 Å². The molecule has 0 radical (unpaired) electrons.